The minimum absolute atomic E-state index is 0.116. The number of nitrogens with zero attached hydrogens (tertiary/aromatic N) is 3. The van der Waals surface area contributed by atoms with Crippen LogP contribution in [0.4, 0.5) is 0 Å². The Labute approximate surface area is 191 Å². The molecule has 0 unspecified atom stereocenters. The molecule has 0 saturated carbocycles. The van der Waals surface area contributed by atoms with E-state index < -0.39 is 0 Å². The van der Waals surface area contributed by atoms with E-state index in [1.54, 1.807) is 32.3 Å². The standard InChI is InChI=1S/C24H24N4O5/c1-28(2)24(30)19-13-25-15-27-23(19)17-5-3-16(4-6-17)12-26-22(29)14-33-18-7-8-20-21(11-18)32-10-9-31-20/h3-8,11,13,15H,9-10,12,14H2,1-2H3,(H,26,29). The average Bonchev–Trinajstić information content (AvgIpc) is 2.86. The summed E-state index contributed by atoms with van der Waals surface area (Å²) in [7, 11) is 3.37. The molecule has 0 atom stereocenters. The van der Waals surface area contributed by atoms with E-state index in [4.69, 9.17) is 14.2 Å². The number of nitrogens with one attached hydrogen (secondary N) is 1. The molecule has 170 valence electrons. The number of aromatic nitrogens is 2. The van der Waals surface area contributed by atoms with Crippen LogP contribution in [0, 0.1) is 0 Å². The van der Waals surface area contributed by atoms with Gasteiger partial charge < -0.3 is 24.4 Å². The highest BCUT2D eigenvalue weighted by Crippen LogP contribution is 2.33. The smallest absolute Gasteiger partial charge is 0.258 e. The van der Waals surface area contributed by atoms with E-state index in [9.17, 15) is 9.59 Å². The Morgan fingerprint density at radius 2 is 1.82 bits per heavy atom. The first-order chi connectivity index (χ1) is 16.0. The number of ether oxygens (including phenoxy) is 3. The molecule has 0 fully saturated rings. The minimum Gasteiger partial charge on any atom is -0.486 e. The van der Waals surface area contributed by atoms with Gasteiger partial charge in [0.15, 0.2) is 18.1 Å². The number of fused-ring (bicyclic) bond motifs is 1. The van der Waals surface area contributed by atoms with Crippen molar-refractivity contribution < 1.29 is 23.8 Å². The largest absolute Gasteiger partial charge is 0.486 e. The van der Waals surface area contributed by atoms with Gasteiger partial charge in [0.05, 0.1) is 11.3 Å². The first-order valence-corrected chi connectivity index (χ1v) is 10.4. The molecule has 0 saturated heterocycles. The van der Waals surface area contributed by atoms with Gasteiger partial charge in [0.1, 0.15) is 25.3 Å². The van der Waals surface area contributed by atoms with Crippen molar-refractivity contribution >= 4 is 11.8 Å². The molecule has 33 heavy (non-hydrogen) atoms. The van der Waals surface area contributed by atoms with E-state index >= 15 is 0 Å². The molecule has 9 heteroatoms. The highest BCUT2D eigenvalue weighted by Gasteiger charge is 2.16. The van der Waals surface area contributed by atoms with Crippen LogP contribution in [-0.2, 0) is 11.3 Å². The molecule has 1 aromatic heterocycles. The Kier molecular flexibility index (Phi) is 6.68. The molecule has 0 aliphatic carbocycles. The third kappa shape index (κ3) is 5.38. The lowest BCUT2D eigenvalue weighted by Crippen LogP contribution is -2.28. The maximum atomic E-state index is 12.4. The lowest BCUT2D eigenvalue weighted by Gasteiger charge is -2.18. The predicted octanol–water partition coefficient (Wildman–Crippen LogP) is 2.31. The summed E-state index contributed by atoms with van der Waals surface area (Å²) in [4.78, 5) is 34.3. The fourth-order valence-electron chi connectivity index (χ4n) is 3.25. The molecule has 4 rings (SSSR count). The summed E-state index contributed by atoms with van der Waals surface area (Å²) in [5.74, 6) is 1.40. The second-order valence-corrected chi connectivity index (χ2v) is 7.55. The summed E-state index contributed by atoms with van der Waals surface area (Å²) in [5, 5.41) is 2.83. The molecular formula is C24H24N4O5. The van der Waals surface area contributed by atoms with E-state index in [0.29, 0.717) is 48.3 Å². The summed E-state index contributed by atoms with van der Waals surface area (Å²) < 4.78 is 16.5. The number of amides is 2. The van der Waals surface area contributed by atoms with Crippen LogP contribution in [0.25, 0.3) is 11.3 Å². The van der Waals surface area contributed by atoms with Gasteiger partial charge >= 0.3 is 0 Å². The van der Waals surface area contributed by atoms with Crippen molar-refractivity contribution in [1.29, 1.82) is 0 Å². The second kappa shape index (κ2) is 9.99. The van der Waals surface area contributed by atoms with Gasteiger partial charge in [-0.25, -0.2) is 9.97 Å². The molecule has 0 radical (unpaired) electrons. The second-order valence-electron chi connectivity index (χ2n) is 7.55. The van der Waals surface area contributed by atoms with E-state index in [0.717, 1.165) is 11.1 Å². The zero-order chi connectivity index (χ0) is 23.2. The third-order valence-corrected chi connectivity index (χ3v) is 4.95. The van der Waals surface area contributed by atoms with E-state index in [-0.39, 0.29) is 18.4 Å². The molecule has 0 spiro atoms. The highest BCUT2D eigenvalue weighted by molar-refractivity contribution is 5.99. The van der Waals surface area contributed by atoms with Crippen molar-refractivity contribution in [2.24, 2.45) is 0 Å². The Hall–Kier alpha value is -4.14. The van der Waals surface area contributed by atoms with E-state index in [1.165, 1.54) is 17.4 Å². The van der Waals surface area contributed by atoms with Crippen molar-refractivity contribution in [3.8, 4) is 28.5 Å². The third-order valence-electron chi connectivity index (χ3n) is 4.95. The first-order valence-electron chi connectivity index (χ1n) is 10.4. The summed E-state index contributed by atoms with van der Waals surface area (Å²) in [6.45, 7) is 1.23. The number of hydrogen-bond donors (Lipinski definition) is 1. The van der Waals surface area contributed by atoms with Gasteiger partial charge in [-0.15, -0.1) is 0 Å². The zero-order valence-electron chi connectivity index (χ0n) is 18.4. The zero-order valence-corrected chi connectivity index (χ0v) is 18.4. The Bertz CT molecular complexity index is 1150. The molecule has 2 heterocycles. The van der Waals surface area contributed by atoms with Gasteiger partial charge in [0.25, 0.3) is 11.8 Å². The van der Waals surface area contributed by atoms with Crippen LogP contribution < -0.4 is 19.5 Å². The van der Waals surface area contributed by atoms with Gasteiger partial charge in [-0.2, -0.15) is 0 Å². The summed E-state index contributed by atoms with van der Waals surface area (Å²) in [6.07, 6.45) is 2.93. The van der Waals surface area contributed by atoms with Gasteiger partial charge in [-0.1, -0.05) is 24.3 Å². The summed E-state index contributed by atoms with van der Waals surface area (Å²) in [5.41, 5.74) is 2.69. The number of carbonyl (C=O) groups excluding carboxylic acids is 2. The molecule has 3 aromatic rings. The van der Waals surface area contributed by atoms with Gasteiger partial charge in [-0.05, 0) is 17.7 Å². The van der Waals surface area contributed by atoms with Gasteiger partial charge in [0.2, 0.25) is 0 Å². The average molecular weight is 448 g/mol. The van der Waals surface area contributed by atoms with Crippen LogP contribution in [0.5, 0.6) is 17.2 Å². The van der Waals surface area contributed by atoms with Crippen LogP contribution >= 0.6 is 0 Å². The minimum atomic E-state index is -0.247. The predicted molar refractivity (Wildman–Crippen MR) is 120 cm³/mol. The lowest BCUT2D eigenvalue weighted by molar-refractivity contribution is -0.123. The number of hydrogen-bond acceptors (Lipinski definition) is 7. The topological polar surface area (TPSA) is 103 Å². The van der Waals surface area contributed by atoms with Crippen molar-refractivity contribution in [1.82, 2.24) is 20.2 Å². The molecule has 1 aliphatic rings. The first kappa shape index (κ1) is 22.1. The SMILES string of the molecule is CN(C)C(=O)c1cncnc1-c1ccc(CNC(=O)COc2ccc3c(c2)OCCO3)cc1. The van der Waals surface area contributed by atoms with Crippen LogP contribution in [0.3, 0.4) is 0 Å². The van der Waals surface area contributed by atoms with E-state index in [2.05, 4.69) is 15.3 Å². The molecule has 2 amide bonds. The molecule has 2 aromatic carbocycles. The molecule has 1 aliphatic heterocycles. The monoisotopic (exact) mass is 448 g/mol. The van der Waals surface area contributed by atoms with Crippen molar-refractivity contribution in [2.45, 2.75) is 6.54 Å². The number of benzene rings is 2. The van der Waals surface area contributed by atoms with Crippen molar-refractivity contribution in [2.75, 3.05) is 33.9 Å². The normalized spacial score (nSPS) is 12.1. The summed E-state index contributed by atoms with van der Waals surface area (Å²) >= 11 is 0. The van der Waals surface area contributed by atoms with Crippen LogP contribution in [0.2, 0.25) is 0 Å². The Morgan fingerprint density at radius 1 is 1.06 bits per heavy atom. The highest BCUT2D eigenvalue weighted by atomic mass is 16.6. The fraction of sp³-hybridized carbons (Fsp3) is 0.250. The van der Waals surface area contributed by atoms with Crippen LogP contribution in [-0.4, -0.2) is 60.6 Å². The van der Waals surface area contributed by atoms with Gasteiger partial charge in [-0.3, -0.25) is 9.59 Å². The van der Waals surface area contributed by atoms with Crippen molar-refractivity contribution in [3.63, 3.8) is 0 Å². The number of rotatable bonds is 7. The quantitative estimate of drug-likeness (QED) is 0.592. The molecular weight excluding hydrogens is 424 g/mol. The van der Waals surface area contributed by atoms with Crippen LogP contribution in [0.1, 0.15) is 15.9 Å². The van der Waals surface area contributed by atoms with E-state index in [1.807, 2.05) is 24.3 Å². The molecule has 1 N–H and O–H groups in total. The molecule has 9 nitrogen and oxygen atoms in total. The van der Waals surface area contributed by atoms with Crippen LogP contribution in [0.15, 0.2) is 55.0 Å². The maximum Gasteiger partial charge on any atom is 0.258 e. The summed E-state index contributed by atoms with van der Waals surface area (Å²) in [6, 6.07) is 12.7. The fourth-order valence-corrected chi connectivity index (χ4v) is 3.25. The Balaban J connectivity index is 1.32. The Morgan fingerprint density at radius 3 is 2.58 bits per heavy atom. The van der Waals surface area contributed by atoms with Crippen molar-refractivity contribution in [3.05, 3.63) is 66.1 Å². The van der Waals surface area contributed by atoms with Gasteiger partial charge in [0, 0.05) is 38.5 Å². The molecule has 0 bridgehead atoms. The number of carbonyl (C=O) groups is 2. The lowest BCUT2D eigenvalue weighted by atomic mass is 10.0. The maximum absolute atomic E-state index is 12.4.